The van der Waals surface area contributed by atoms with Gasteiger partial charge in [-0.25, -0.2) is 8.78 Å². The maximum atomic E-state index is 13.6. The van der Waals surface area contributed by atoms with Gasteiger partial charge >= 0.3 is 0 Å². The Morgan fingerprint density at radius 3 is 2.08 bits per heavy atom. The summed E-state index contributed by atoms with van der Waals surface area (Å²) in [5, 5.41) is 13.2. The Morgan fingerprint density at radius 1 is 1.08 bits per heavy atom. The second-order valence-electron chi connectivity index (χ2n) is 5.71. The first-order valence-electron chi connectivity index (χ1n) is 7.97. The lowest BCUT2D eigenvalue weighted by atomic mass is 9.86. The minimum absolute atomic E-state index is 0.0104. The van der Waals surface area contributed by atoms with Gasteiger partial charge in [-0.2, -0.15) is 0 Å². The highest BCUT2D eigenvalue weighted by molar-refractivity contribution is 5.75. The van der Waals surface area contributed by atoms with E-state index < -0.39 is 23.7 Å². The standard InChI is InChI=1S/C19H21F2NO2/c1-2-5-18(24)22-12-17(23)19(13-6-3-8-15(20)10-13)14-7-4-9-16(21)11-14/h3-4,6-11,17,19,23H,2,5,12H2,1H3,(H,22,24). The summed E-state index contributed by atoms with van der Waals surface area (Å²) in [6.07, 6.45) is 0.0746. The zero-order valence-electron chi connectivity index (χ0n) is 13.5. The number of aliphatic hydroxyl groups is 1. The summed E-state index contributed by atoms with van der Waals surface area (Å²) in [6, 6.07) is 11.7. The van der Waals surface area contributed by atoms with E-state index in [1.165, 1.54) is 24.3 Å². The third-order valence-corrected chi connectivity index (χ3v) is 3.79. The highest BCUT2D eigenvalue weighted by Gasteiger charge is 2.24. The minimum Gasteiger partial charge on any atom is -0.390 e. The molecule has 0 aliphatic heterocycles. The maximum absolute atomic E-state index is 13.6. The second kappa shape index (κ2) is 8.55. The molecule has 5 heteroatoms. The Labute approximate surface area is 140 Å². The second-order valence-corrected chi connectivity index (χ2v) is 5.71. The van der Waals surface area contributed by atoms with Gasteiger partial charge in [0.15, 0.2) is 0 Å². The van der Waals surface area contributed by atoms with Crippen LogP contribution in [0, 0.1) is 11.6 Å². The number of carbonyl (C=O) groups excluding carboxylic acids is 1. The lowest BCUT2D eigenvalue weighted by Crippen LogP contribution is -2.35. The molecule has 0 saturated heterocycles. The third-order valence-electron chi connectivity index (χ3n) is 3.79. The van der Waals surface area contributed by atoms with E-state index in [1.807, 2.05) is 6.92 Å². The number of hydrogen-bond acceptors (Lipinski definition) is 2. The highest BCUT2D eigenvalue weighted by atomic mass is 19.1. The predicted molar refractivity (Wildman–Crippen MR) is 88.6 cm³/mol. The Kier molecular flexibility index (Phi) is 6.44. The molecule has 0 aliphatic rings. The van der Waals surface area contributed by atoms with E-state index in [4.69, 9.17) is 0 Å². The molecule has 3 nitrogen and oxygen atoms in total. The molecule has 128 valence electrons. The molecule has 0 aliphatic carbocycles. The lowest BCUT2D eigenvalue weighted by molar-refractivity contribution is -0.121. The molecular formula is C19H21F2NO2. The molecule has 1 amide bonds. The molecule has 0 heterocycles. The average Bonchev–Trinajstić information content (AvgIpc) is 2.54. The molecule has 0 aromatic heterocycles. The van der Waals surface area contributed by atoms with Crippen LogP contribution in [0.4, 0.5) is 8.78 Å². The molecule has 0 saturated carbocycles. The number of aliphatic hydroxyl groups excluding tert-OH is 1. The fourth-order valence-corrected chi connectivity index (χ4v) is 2.69. The average molecular weight is 333 g/mol. The number of benzene rings is 2. The topological polar surface area (TPSA) is 49.3 Å². The van der Waals surface area contributed by atoms with Crippen LogP contribution in [0.3, 0.4) is 0 Å². The van der Waals surface area contributed by atoms with Crippen LogP contribution in [0.15, 0.2) is 48.5 Å². The van der Waals surface area contributed by atoms with Crippen molar-refractivity contribution in [1.29, 1.82) is 0 Å². The molecule has 2 aromatic carbocycles. The Balaban J connectivity index is 2.27. The molecule has 1 unspecified atom stereocenters. The first-order valence-corrected chi connectivity index (χ1v) is 7.97. The summed E-state index contributed by atoms with van der Waals surface area (Å²) in [5.74, 6) is -1.67. The summed E-state index contributed by atoms with van der Waals surface area (Å²) in [5.41, 5.74) is 1.05. The number of carbonyl (C=O) groups is 1. The minimum atomic E-state index is -1.01. The van der Waals surface area contributed by atoms with Crippen molar-refractivity contribution in [3.8, 4) is 0 Å². The van der Waals surface area contributed by atoms with Gasteiger partial charge in [0.05, 0.1) is 6.10 Å². The molecule has 1 atom stereocenters. The molecule has 2 rings (SSSR count). The van der Waals surface area contributed by atoms with Crippen molar-refractivity contribution in [2.45, 2.75) is 31.8 Å². The normalized spacial score (nSPS) is 12.2. The molecule has 0 bridgehead atoms. The molecule has 2 N–H and O–H groups in total. The fourth-order valence-electron chi connectivity index (χ4n) is 2.69. The summed E-state index contributed by atoms with van der Waals surface area (Å²) < 4.78 is 27.1. The van der Waals surface area contributed by atoms with Crippen molar-refractivity contribution in [1.82, 2.24) is 5.32 Å². The largest absolute Gasteiger partial charge is 0.390 e. The van der Waals surface area contributed by atoms with Crippen LogP contribution in [0.5, 0.6) is 0 Å². The molecule has 2 aromatic rings. The zero-order valence-corrected chi connectivity index (χ0v) is 13.5. The number of hydrogen-bond donors (Lipinski definition) is 2. The van der Waals surface area contributed by atoms with Gasteiger partial charge in [-0.1, -0.05) is 31.2 Å². The smallest absolute Gasteiger partial charge is 0.220 e. The van der Waals surface area contributed by atoms with E-state index in [1.54, 1.807) is 24.3 Å². The Bertz CT molecular complexity index is 645. The van der Waals surface area contributed by atoms with E-state index in [2.05, 4.69) is 5.32 Å². The molecule has 0 radical (unpaired) electrons. The van der Waals surface area contributed by atoms with Gasteiger partial charge in [-0.3, -0.25) is 4.79 Å². The van der Waals surface area contributed by atoms with Gasteiger partial charge in [0.2, 0.25) is 5.91 Å². The number of halogens is 2. The quantitative estimate of drug-likeness (QED) is 0.816. The maximum Gasteiger partial charge on any atom is 0.220 e. The predicted octanol–water partition coefficient (Wildman–Crippen LogP) is 3.37. The van der Waals surface area contributed by atoms with Crippen LogP contribution in [0.1, 0.15) is 36.8 Å². The van der Waals surface area contributed by atoms with Crippen molar-refractivity contribution in [2.24, 2.45) is 0 Å². The van der Waals surface area contributed by atoms with E-state index in [-0.39, 0.29) is 12.5 Å². The number of nitrogens with one attached hydrogen (secondary N) is 1. The van der Waals surface area contributed by atoms with E-state index in [0.717, 1.165) is 0 Å². The summed E-state index contributed by atoms with van der Waals surface area (Å²) in [6.45, 7) is 1.90. The molecule has 0 spiro atoms. The van der Waals surface area contributed by atoms with Crippen molar-refractivity contribution in [3.05, 3.63) is 71.3 Å². The van der Waals surface area contributed by atoms with Gasteiger partial charge in [-0.05, 0) is 41.8 Å². The van der Waals surface area contributed by atoms with E-state index in [9.17, 15) is 18.7 Å². The van der Waals surface area contributed by atoms with Crippen molar-refractivity contribution in [2.75, 3.05) is 6.54 Å². The summed E-state index contributed by atoms with van der Waals surface area (Å²) in [7, 11) is 0. The van der Waals surface area contributed by atoms with Crippen LogP contribution < -0.4 is 5.32 Å². The third kappa shape index (κ3) is 4.86. The Hall–Kier alpha value is -2.27. The van der Waals surface area contributed by atoms with Crippen molar-refractivity contribution in [3.63, 3.8) is 0 Å². The molecular weight excluding hydrogens is 312 g/mol. The van der Waals surface area contributed by atoms with E-state index >= 15 is 0 Å². The summed E-state index contributed by atoms with van der Waals surface area (Å²) >= 11 is 0. The molecule has 0 fully saturated rings. The first-order chi connectivity index (χ1) is 11.5. The van der Waals surface area contributed by atoms with Gasteiger partial charge < -0.3 is 10.4 Å². The van der Waals surface area contributed by atoms with Gasteiger partial charge in [0, 0.05) is 18.9 Å². The van der Waals surface area contributed by atoms with Crippen LogP contribution in [-0.2, 0) is 4.79 Å². The summed E-state index contributed by atoms with van der Waals surface area (Å²) in [4.78, 5) is 11.6. The van der Waals surface area contributed by atoms with Crippen molar-refractivity contribution < 1.29 is 18.7 Å². The Morgan fingerprint density at radius 2 is 1.62 bits per heavy atom. The van der Waals surface area contributed by atoms with Crippen LogP contribution in [0.2, 0.25) is 0 Å². The lowest BCUT2D eigenvalue weighted by Gasteiger charge is -2.24. The first kappa shape index (κ1) is 18.1. The van der Waals surface area contributed by atoms with Gasteiger partial charge in [0.25, 0.3) is 0 Å². The zero-order chi connectivity index (χ0) is 17.5. The monoisotopic (exact) mass is 333 g/mol. The molecule has 24 heavy (non-hydrogen) atoms. The highest BCUT2D eigenvalue weighted by Crippen LogP contribution is 2.29. The fraction of sp³-hybridized carbons (Fsp3) is 0.316. The number of rotatable bonds is 7. The SMILES string of the molecule is CCCC(=O)NCC(O)C(c1cccc(F)c1)c1cccc(F)c1. The van der Waals surface area contributed by atoms with Gasteiger partial charge in [-0.15, -0.1) is 0 Å². The van der Waals surface area contributed by atoms with Gasteiger partial charge in [0.1, 0.15) is 11.6 Å². The van der Waals surface area contributed by atoms with Crippen LogP contribution in [0.25, 0.3) is 0 Å². The number of amides is 1. The van der Waals surface area contributed by atoms with Crippen molar-refractivity contribution >= 4 is 5.91 Å². The van der Waals surface area contributed by atoms with Crippen LogP contribution >= 0.6 is 0 Å². The van der Waals surface area contributed by atoms with E-state index in [0.29, 0.717) is 24.0 Å². The van der Waals surface area contributed by atoms with Crippen LogP contribution in [-0.4, -0.2) is 23.7 Å².